The average molecular weight is 260 g/mol. The highest BCUT2D eigenvalue weighted by molar-refractivity contribution is 5.26. The van der Waals surface area contributed by atoms with Gasteiger partial charge in [0.25, 0.3) is 0 Å². The molecule has 1 aromatic carbocycles. The Labute approximate surface area is 118 Å². The fourth-order valence-corrected chi connectivity index (χ4v) is 3.03. The van der Waals surface area contributed by atoms with E-state index < -0.39 is 0 Å². The molecular weight excluding hydrogens is 232 g/mol. The van der Waals surface area contributed by atoms with Crippen LogP contribution in [0.15, 0.2) is 24.3 Å². The summed E-state index contributed by atoms with van der Waals surface area (Å²) in [7, 11) is 2.24. The average Bonchev–Trinajstić information content (AvgIpc) is 3.22. The standard InChI is InChI=1S/C17H28N2/c1-5-16(18)17(15-8-6-7-12(2)11-15)19(4)13(3)14-9-10-14/h6-8,11,13-14,16-17H,5,9-10,18H2,1-4H3. The molecule has 1 aromatic rings. The lowest BCUT2D eigenvalue weighted by atomic mass is 9.94. The molecule has 0 spiro atoms. The summed E-state index contributed by atoms with van der Waals surface area (Å²) in [6.45, 7) is 6.69. The molecule has 0 saturated heterocycles. The van der Waals surface area contributed by atoms with Crippen molar-refractivity contribution in [2.75, 3.05) is 7.05 Å². The molecule has 0 bridgehead atoms. The van der Waals surface area contributed by atoms with Gasteiger partial charge in [0.2, 0.25) is 0 Å². The maximum atomic E-state index is 6.42. The molecule has 1 aliphatic carbocycles. The lowest BCUT2D eigenvalue weighted by molar-refractivity contribution is 0.143. The van der Waals surface area contributed by atoms with Crippen molar-refractivity contribution in [1.29, 1.82) is 0 Å². The number of nitrogens with zero attached hydrogens (tertiary/aromatic N) is 1. The van der Waals surface area contributed by atoms with Crippen LogP contribution in [0.25, 0.3) is 0 Å². The molecule has 0 heterocycles. The van der Waals surface area contributed by atoms with Gasteiger partial charge in [-0.05, 0) is 51.6 Å². The maximum Gasteiger partial charge on any atom is 0.0499 e. The number of likely N-dealkylation sites (N-methyl/N-ethyl adjacent to an activating group) is 1. The van der Waals surface area contributed by atoms with E-state index in [-0.39, 0.29) is 6.04 Å². The summed E-state index contributed by atoms with van der Waals surface area (Å²) in [5.41, 5.74) is 9.10. The first-order valence-corrected chi connectivity index (χ1v) is 7.58. The van der Waals surface area contributed by atoms with Crippen LogP contribution < -0.4 is 5.73 Å². The smallest absolute Gasteiger partial charge is 0.0499 e. The van der Waals surface area contributed by atoms with Crippen molar-refractivity contribution >= 4 is 0 Å². The monoisotopic (exact) mass is 260 g/mol. The van der Waals surface area contributed by atoms with E-state index in [9.17, 15) is 0 Å². The molecule has 1 saturated carbocycles. The lowest BCUT2D eigenvalue weighted by Crippen LogP contribution is -2.43. The van der Waals surface area contributed by atoms with E-state index in [1.54, 1.807) is 0 Å². The molecule has 1 aliphatic rings. The van der Waals surface area contributed by atoms with Crippen LogP contribution >= 0.6 is 0 Å². The zero-order valence-corrected chi connectivity index (χ0v) is 12.8. The molecule has 2 rings (SSSR count). The highest BCUT2D eigenvalue weighted by Crippen LogP contribution is 2.38. The largest absolute Gasteiger partial charge is 0.326 e. The van der Waals surface area contributed by atoms with E-state index in [1.165, 1.54) is 24.0 Å². The van der Waals surface area contributed by atoms with Crippen LogP contribution in [0.4, 0.5) is 0 Å². The van der Waals surface area contributed by atoms with Gasteiger partial charge < -0.3 is 5.73 Å². The molecule has 2 heteroatoms. The van der Waals surface area contributed by atoms with Crippen LogP contribution in [-0.4, -0.2) is 24.0 Å². The van der Waals surface area contributed by atoms with Gasteiger partial charge in [0, 0.05) is 18.1 Å². The van der Waals surface area contributed by atoms with Crippen molar-refractivity contribution in [3.63, 3.8) is 0 Å². The van der Waals surface area contributed by atoms with Gasteiger partial charge in [-0.15, -0.1) is 0 Å². The SMILES string of the molecule is CCC(N)C(c1cccc(C)c1)N(C)C(C)C1CC1. The molecule has 1 fully saturated rings. The third-order valence-electron chi connectivity index (χ3n) is 4.65. The highest BCUT2D eigenvalue weighted by Gasteiger charge is 2.35. The second-order valence-electron chi connectivity index (χ2n) is 6.17. The first-order valence-electron chi connectivity index (χ1n) is 7.58. The van der Waals surface area contributed by atoms with Gasteiger partial charge in [0.1, 0.15) is 0 Å². The summed E-state index contributed by atoms with van der Waals surface area (Å²) >= 11 is 0. The van der Waals surface area contributed by atoms with E-state index in [2.05, 4.69) is 57.0 Å². The van der Waals surface area contributed by atoms with Crippen molar-refractivity contribution in [2.24, 2.45) is 11.7 Å². The van der Waals surface area contributed by atoms with E-state index in [0.717, 1.165) is 12.3 Å². The Hall–Kier alpha value is -0.860. The van der Waals surface area contributed by atoms with Crippen LogP contribution in [0.3, 0.4) is 0 Å². The fraction of sp³-hybridized carbons (Fsp3) is 0.647. The topological polar surface area (TPSA) is 29.3 Å². The van der Waals surface area contributed by atoms with Crippen LogP contribution in [0.5, 0.6) is 0 Å². The summed E-state index contributed by atoms with van der Waals surface area (Å²) in [5, 5.41) is 0. The summed E-state index contributed by atoms with van der Waals surface area (Å²) in [4.78, 5) is 2.50. The number of nitrogens with two attached hydrogens (primary N) is 1. The number of hydrogen-bond acceptors (Lipinski definition) is 2. The minimum atomic E-state index is 0.202. The second-order valence-corrected chi connectivity index (χ2v) is 6.17. The molecule has 0 aromatic heterocycles. The Balaban J connectivity index is 2.24. The van der Waals surface area contributed by atoms with Crippen LogP contribution in [-0.2, 0) is 0 Å². The highest BCUT2D eigenvalue weighted by atomic mass is 15.2. The van der Waals surface area contributed by atoms with Crippen molar-refractivity contribution in [3.8, 4) is 0 Å². The minimum Gasteiger partial charge on any atom is -0.326 e. The first-order chi connectivity index (χ1) is 9.04. The third-order valence-corrected chi connectivity index (χ3v) is 4.65. The molecule has 2 N–H and O–H groups in total. The van der Waals surface area contributed by atoms with Crippen molar-refractivity contribution in [2.45, 2.75) is 58.2 Å². The van der Waals surface area contributed by atoms with Gasteiger partial charge in [-0.3, -0.25) is 4.90 Å². The van der Waals surface area contributed by atoms with E-state index in [4.69, 9.17) is 5.73 Å². The molecule has 106 valence electrons. The van der Waals surface area contributed by atoms with E-state index in [0.29, 0.717) is 12.1 Å². The molecule has 2 nitrogen and oxygen atoms in total. The molecule has 0 radical (unpaired) electrons. The normalized spacial score (nSPS) is 20.3. The summed E-state index contributed by atoms with van der Waals surface area (Å²) < 4.78 is 0. The zero-order valence-electron chi connectivity index (χ0n) is 12.8. The molecule has 3 atom stereocenters. The second kappa shape index (κ2) is 6.06. The van der Waals surface area contributed by atoms with E-state index >= 15 is 0 Å². The summed E-state index contributed by atoms with van der Waals surface area (Å²) in [6.07, 6.45) is 3.78. The maximum absolute atomic E-state index is 6.42. The summed E-state index contributed by atoms with van der Waals surface area (Å²) in [6, 6.07) is 9.98. The van der Waals surface area contributed by atoms with Crippen LogP contribution in [0.2, 0.25) is 0 Å². The Bertz CT molecular complexity index is 411. The van der Waals surface area contributed by atoms with E-state index in [1.807, 2.05) is 0 Å². The minimum absolute atomic E-state index is 0.202. The predicted molar refractivity (Wildman–Crippen MR) is 82.1 cm³/mol. The number of hydrogen-bond donors (Lipinski definition) is 1. The van der Waals surface area contributed by atoms with Gasteiger partial charge in [0.15, 0.2) is 0 Å². The zero-order chi connectivity index (χ0) is 14.0. The Morgan fingerprint density at radius 1 is 1.37 bits per heavy atom. The summed E-state index contributed by atoms with van der Waals surface area (Å²) in [5.74, 6) is 0.876. The molecule has 0 aliphatic heterocycles. The quantitative estimate of drug-likeness (QED) is 0.848. The molecule has 19 heavy (non-hydrogen) atoms. The van der Waals surface area contributed by atoms with Crippen molar-refractivity contribution in [3.05, 3.63) is 35.4 Å². The first kappa shape index (κ1) is 14.5. The van der Waals surface area contributed by atoms with Crippen molar-refractivity contribution in [1.82, 2.24) is 4.90 Å². The van der Waals surface area contributed by atoms with Gasteiger partial charge in [-0.1, -0.05) is 36.8 Å². The van der Waals surface area contributed by atoms with Gasteiger partial charge in [-0.25, -0.2) is 0 Å². The third kappa shape index (κ3) is 3.37. The Morgan fingerprint density at radius 2 is 2.05 bits per heavy atom. The van der Waals surface area contributed by atoms with Gasteiger partial charge in [0.05, 0.1) is 0 Å². The molecule has 3 unspecified atom stereocenters. The number of aryl methyl sites for hydroxylation is 1. The Morgan fingerprint density at radius 3 is 2.58 bits per heavy atom. The Kier molecular flexibility index (Phi) is 4.64. The molecule has 0 amide bonds. The molecular formula is C17H28N2. The van der Waals surface area contributed by atoms with Crippen LogP contribution in [0.1, 0.15) is 50.3 Å². The fourth-order valence-electron chi connectivity index (χ4n) is 3.03. The van der Waals surface area contributed by atoms with Gasteiger partial charge in [-0.2, -0.15) is 0 Å². The number of rotatable bonds is 6. The van der Waals surface area contributed by atoms with Gasteiger partial charge >= 0.3 is 0 Å². The van der Waals surface area contributed by atoms with Crippen molar-refractivity contribution < 1.29 is 0 Å². The predicted octanol–water partition coefficient (Wildman–Crippen LogP) is 3.50. The number of benzene rings is 1. The van der Waals surface area contributed by atoms with Crippen LogP contribution in [0, 0.1) is 12.8 Å². The lowest BCUT2D eigenvalue weighted by Gasteiger charge is -2.37.